The predicted molar refractivity (Wildman–Crippen MR) is 107 cm³/mol. The Hall–Kier alpha value is -2.70. The van der Waals surface area contributed by atoms with Crippen LogP contribution in [0.4, 0.5) is 5.82 Å². The topological polar surface area (TPSA) is 71.3 Å². The molecule has 2 aromatic rings. The number of anilines is 1. The third-order valence-corrected chi connectivity index (χ3v) is 5.22. The summed E-state index contributed by atoms with van der Waals surface area (Å²) in [5, 5.41) is 0. The average molecular weight is 369 g/mol. The van der Waals surface area contributed by atoms with Gasteiger partial charge in [0.15, 0.2) is 11.5 Å². The molecule has 0 bridgehead atoms. The van der Waals surface area contributed by atoms with Crippen LogP contribution in [0.2, 0.25) is 0 Å². The van der Waals surface area contributed by atoms with Gasteiger partial charge in [-0.2, -0.15) is 0 Å². The number of hydrogen-bond donors (Lipinski definition) is 0. The van der Waals surface area contributed by atoms with E-state index in [2.05, 4.69) is 30.4 Å². The van der Waals surface area contributed by atoms with Crippen molar-refractivity contribution in [3.63, 3.8) is 0 Å². The molecule has 7 heteroatoms. The number of carbonyl (C=O) groups is 1. The number of pyridine rings is 1. The van der Waals surface area contributed by atoms with Crippen molar-refractivity contribution in [1.29, 1.82) is 0 Å². The van der Waals surface area contributed by atoms with Crippen LogP contribution in [0, 0.1) is 5.92 Å². The van der Waals surface area contributed by atoms with Gasteiger partial charge in [0.05, 0.1) is 0 Å². The van der Waals surface area contributed by atoms with Crippen LogP contribution in [0.3, 0.4) is 0 Å². The zero-order chi connectivity index (χ0) is 19.4. The summed E-state index contributed by atoms with van der Waals surface area (Å²) < 4.78 is 1.60. The van der Waals surface area contributed by atoms with Crippen LogP contribution in [-0.4, -0.2) is 51.5 Å². The fourth-order valence-corrected chi connectivity index (χ4v) is 3.60. The fraction of sp³-hybridized carbons (Fsp3) is 0.500. The Bertz CT molecular complexity index is 880. The molecule has 7 nitrogen and oxygen atoms in total. The molecule has 1 saturated heterocycles. The van der Waals surface area contributed by atoms with Crippen LogP contribution in [0.15, 0.2) is 35.8 Å². The van der Waals surface area contributed by atoms with Crippen molar-refractivity contribution in [2.45, 2.75) is 33.2 Å². The fourth-order valence-electron chi connectivity index (χ4n) is 3.60. The molecule has 2 aromatic heterocycles. The van der Waals surface area contributed by atoms with E-state index in [0.29, 0.717) is 49.7 Å². The normalized spacial score (nSPS) is 14.8. The molecule has 1 aliphatic rings. The first-order valence-electron chi connectivity index (χ1n) is 9.60. The first kappa shape index (κ1) is 19.1. The van der Waals surface area contributed by atoms with Crippen molar-refractivity contribution in [3.8, 4) is 0 Å². The molecular weight excluding hydrogens is 342 g/mol. The number of rotatable bonds is 6. The molecule has 27 heavy (non-hydrogen) atoms. The SMILES string of the molecule is C=CCn1c(=O)c(N2CCN(C(=O)C(CC)CC)CC2)nc2cccnc21. The third kappa shape index (κ3) is 3.72. The largest absolute Gasteiger partial charge is 0.348 e. The van der Waals surface area contributed by atoms with Crippen molar-refractivity contribution in [2.24, 2.45) is 5.92 Å². The van der Waals surface area contributed by atoms with Crippen molar-refractivity contribution >= 4 is 22.9 Å². The van der Waals surface area contributed by atoms with E-state index >= 15 is 0 Å². The van der Waals surface area contributed by atoms with E-state index in [1.807, 2.05) is 21.9 Å². The lowest BCUT2D eigenvalue weighted by atomic mass is 10.0. The molecule has 0 unspecified atom stereocenters. The molecule has 1 aliphatic heterocycles. The Morgan fingerprint density at radius 1 is 1.26 bits per heavy atom. The molecule has 0 aromatic carbocycles. The van der Waals surface area contributed by atoms with Crippen LogP contribution in [0.5, 0.6) is 0 Å². The van der Waals surface area contributed by atoms with Crippen molar-refractivity contribution in [3.05, 3.63) is 41.3 Å². The van der Waals surface area contributed by atoms with E-state index in [1.54, 1.807) is 16.8 Å². The number of fused-ring (bicyclic) bond motifs is 1. The van der Waals surface area contributed by atoms with Gasteiger partial charge < -0.3 is 9.80 Å². The summed E-state index contributed by atoms with van der Waals surface area (Å²) >= 11 is 0. The van der Waals surface area contributed by atoms with Crippen LogP contribution < -0.4 is 10.5 Å². The quantitative estimate of drug-likeness (QED) is 0.729. The van der Waals surface area contributed by atoms with Gasteiger partial charge in [0.25, 0.3) is 5.56 Å². The van der Waals surface area contributed by atoms with E-state index < -0.39 is 0 Å². The first-order chi connectivity index (χ1) is 13.1. The Morgan fingerprint density at radius 3 is 2.59 bits per heavy atom. The first-order valence-corrected chi connectivity index (χ1v) is 9.60. The predicted octanol–water partition coefficient (Wildman–Crippen LogP) is 2.06. The molecule has 0 aliphatic carbocycles. The molecule has 1 amide bonds. The smallest absolute Gasteiger partial charge is 0.295 e. The zero-order valence-corrected chi connectivity index (χ0v) is 16.1. The summed E-state index contributed by atoms with van der Waals surface area (Å²) in [5.74, 6) is 0.734. The maximum Gasteiger partial charge on any atom is 0.295 e. The maximum atomic E-state index is 13.0. The molecule has 0 radical (unpaired) electrons. The van der Waals surface area contributed by atoms with Gasteiger partial charge in [0, 0.05) is 44.8 Å². The van der Waals surface area contributed by atoms with Crippen LogP contribution in [0.1, 0.15) is 26.7 Å². The summed E-state index contributed by atoms with van der Waals surface area (Å²) in [5.41, 5.74) is 1.08. The van der Waals surface area contributed by atoms with Gasteiger partial charge in [-0.15, -0.1) is 6.58 Å². The zero-order valence-electron chi connectivity index (χ0n) is 16.1. The number of aromatic nitrogens is 3. The van der Waals surface area contributed by atoms with Crippen LogP contribution >= 0.6 is 0 Å². The van der Waals surface area contributed by atoms with Gasteiger partial charge in [0.1, 0.15) is 5.52 Å². The highest BCUT2D eigenvalue weighted by molar-refractivity contribution is 5.79. The molecule has 144 valence electrons. The second-order valence-electron chi connectivity index (χ2n) is 6.81. The molecule has 0 spiro atoms. The molecule has 1 fully saturated rings. The van der Waals surface area contributed by atoms with Gasteiger partial charge in [-0.3, -0.25) is 14.2 Å². The second kappa shape index (κ2) is 8.33. The monoisotopic (exact) mass is 369 g/mol. The van der Waals surface area contributed by atoms with Crippen molar-refractivity contribution in [1.82, 2.24) is 19.4 Å². The highest BCUT2D eigenvalue weighted by Crippen LogP contribution is 2.17. The number of nitrogens with zero attached hydrogens (tertiary/aromatic N) is 5. The Labute approximate surface area is 159 Å². The molecule has 0 saturated carbocycles. The van der Waals surface area contributed by atoms with Gasteiger partial charge in [-0.05, 0) is 25.0 Å². The van der Waals surface area contributed by atoms with Gasteiger partial charge in [-0.25, -0.2) is 9.97 Å². The summed E-state index contributed by atoms with van der Waals surface area (Å²) in [6.07, 6.45) is 5.07. The Kier molecular flexibility index (Phi) is 5.88. The van der Waals surface area contributed by atoms with E-state index in [9.17, 15) is 9.59 Å². The Balaban J connectivity index is 1.85. The van der Waals surface area contributed by atoms with Crippen LogP contribution in [-0.2, 0) is 11.3 Å². The summed E-state index contributed by atoms with van der Waals surface area (Å²) in [6.45, 7) is 10.7. The van der Waals surface area contributed by atoms with Gasteiger partial charge in [-0.1, -0.05) is 19.9 Å². The second-order valence-corrected chi connectivity index (χ2v) is 6.81. The van der Waals surface area contributed by atoms with E-state index in [1.165, 1.54) is 0 Å². The number of piperazine rings is 1. The molecule has 3 heterocycles. The molecule has 0 atom stereocenters. The average Bonchev–Trinajstić information content (AvgIpc) is 2.71. The minimum atomic E-state index is -0.166. The molecular formula is C20H27N5O2. The van der Waals surface area contributed by atoms with Crippen molar-refractivity contribution in [2.75, 3.05) is 31.1 Å². The lowest BCUT2D eigenvalue weighted by Crippen LogP contribution is -2.52. The Morgan fingerprint density at radius 2 is 1.96 bits per heavy atom. The lowest BCUT2D eigenvalue weighted by Gasteiger charge is -2.36. The van der Waals surface area contributed by atoms with Gasteiger partial charge >= 0.3 is 0 Å². The summed E-state index contributed by atoms with van der Waals surface area (Å²) in [6, 6.07) is 3.67. The molecule has 0 N–H and O–H groups in total. The minimum Gasteiger partial charge on any atom is -0.348 e. The maximum absolute atomic E-state index is 13.0. The number of amides is 1. The third-order valence-electron chi connectivity index (χ3n) is 5.22. The van der Waals surface area contributed by atoms with E-state index in [-0.39, 0.29) is 17.4 Å². The lowest BCUT2D eigenvalue weighted by molar-refractivity contribution is -0.136. The highest BCUT2D eigenvalue weighted by Gasteiger charge is 2.27. The van der Waals surface area contributed by atoms with Crippen molar-refractivity contribution < 1.29 is 4.79 Å². The number of allylic oxidation sites excluding steroid dienone is 1. The van der Waals surface area contributed by atoms with Gasteiger partial charge in [0.2, 0.25) is 5.91 Å². The minimum absolute atomic E-state index is 0.0891. The van der Waals surface area contributed by atoms with Crippen LogP contribution in [0.25, 0.3) is 11.2 Å². The summed E-state index contributed by atoms with van der Waals surface area (Å²) in [4.78, 5) is 38.3. The van der Waals surface area contributed by atoms with E-state index in [0.717, 1.165) is 12.8 Å². The summed E-state index contributed by atoms with van der Waals surface area (Å²) in [7, 11) is 0. The number of hydrogen-bond acceptors (Lipinski definition) is 5. The van der Waals surface area contributed by atoms with E-state index in [4.69, 9.17) is 0 Å². The molecule has 3 rings (SSSR count). The standard InChI is InChI=1S/C20H27N5O2/c1-4-10-25-17-16(8-7-9-21-17)22-18(20(25)27)23-11-13-24(14-12-23)19(26)15(5-2)6-3/h4,7-9,15H,1,5-6,10-14H2,2-3H3. The number of carbonyl (C=O) groups excluding carboxylic acids is 1. The highest BCUT2D eigenvalue weighted by atomic mass is 16.2.